The fourth-order valence-corrected chi connectivity index (χ4v) is 1.54. The van der Waals surface area contributed by atoms with E-state index in [0.29, 0.717) is 12.1 Å². The molecule has 1 unspecified atom stereocenters. The average molecular weight is 256 g/mol. The molecule has 0 radical (unpaired) electrons. The number of nitrogens with one attached hydrogen (secondary N) is 2. The molecule has 1 atom stereocenters. The zero-order valence-electron chi connectivity index (χ0n) is 10.6. The molecule has 0 aromatic heterocycles. The summed E-state index contributed by atoms with van der Waals surface area (Å²) in [5.41, 5.74) is 0.347. The third kappa shape index (κ3) is 4.41. The van der Waals surface area contributed by atoms with Crippen molar-refractivity contribution < 1.29 is 13.6 Å². The second kappa shape index (κ2) is 7.06. The van der Waals surface area contributed by atoms with Crippen molar-refractivity contribution in [3.8, 4) is 0 Å². The van der Waals surface area contributed by atoms with Gasteiger partial charge in [0, 0.05) is 24.2 Å². The fraction of sp³-hybridized carbons (Fsp3) is 0.462. The lowest BCUT2D eigenvalue weighted by atomic mass is 10.1. The van der Waals surface area contributed by atoms with Gasteiger partial charge in [0.1, 0.15) is 11.6 Å². The Balaban J connectivity index is 2.50. The summed E-state index contributed by atoms with van der Waals surface area (Å²) < 4.78 is 26.2. The molecule has 0 aliphatic rings. The highest BCUT2D eigenvalue weighted by molar-refractivity contribution is 5.77. The van der Waals surface area contributed by atoms with Gasteiger partial charge in [-0.1, -0.05) is 13.0 Å². The molecule has 0 heterocycles. The molecule has 0 aliphatic heterocycles. The lowest BCUT2D eigenvalue weighted by Gasteiger charge is -2.14. The number of benzene rings is 1. The summed E-state index contributed by atoms with van der Waals surface area (Å²) in [5, 5.41) is 5.60. The standard InChI is InChI=1S/C13H18F2N2O/c1-3-6-16-13(18)8-17-9(2)11-5-4-10(14)7-12(11)15/h4-5,7,9,17H,3,6,8H2,1-2H3,(H,16,18). The first kappa shape index (κ1) is 14.6. The minimum absolute atomic E-state index is 0.109. The van der Waals surface area contributed by atoms with E-state index in [1.54, 1.807) is 6.92 Å². The number of halogens is 2. The van der Waals surface area contributed by atoms with E-state index in [-0.39, 0.29) is 18.5 Å². The van der Waals surface area contributed by atoms with E-state index in [9.17, 15) is 13.6 Å². The lowest BCUT2D eigenvalue weighted by Crippen LogP contribution is -2.35. The highest BCUT2D eigenvalue weighted by Crippen LogP contribution is 2.17. The molecule has 18 heavy (non-hydrogen) atoms. The van der Waals surface area contributed by atoms with E-state index >= 15 is 0 Å². The van der Waals surface area contributed by atoms with Crippen LogP contribution in [0.3, 0.4) is 0 Å². The fourth-order valence-electron chi connectivity index (χ4n) is 1.54. The molecule has 2 N–H and O–H groups in total. The molecule has 0 saturated carbocycles. The average Bonchev–Trinajstić information content (AvgIpc) is 2.33. The quantitative estimate of drug-likeness (QED) is 0.818. The first-order chi connectivity index (χ1) is 8.54. The van der Waals surface area contributed by atoms with Gasteiger partial charge < -0.3 is 10.6 Å². The monoisotopic (exact) mass is 256 g/mol. The van der Waals surface area contributed by atoms with Crippen LogP contribution in [0, 0.1) is 11.6 Å². The molecule has 100 valence electrons. The Labute approximate surface area is 106 Å². The van der Waals surface area contributed by atoms with Crippen LogP contribution < -0.4 is 10.6 Å². The maximum atomic E-state index is 13.4. The third-order valence-electron chi connectivity index (χ3n) is 2.57. The zero-order chi connectivity index (χ0) is 13.5. The summed E-state index contributed by atoms with van der Waals surface area (Å²) >= 11 is 0. The van der Waals surface area contributed by atoms with Crippen molar-refractivity contribution >= 4 is 5.91 Å². The highest BCUT2D eigenvalue weighted by Gasteiger charge is 2.12. The van der Waals surface area contributed by atoms with Crippen LogP contribution in [0.25, 0.3) is 0 Å². The van der Waals surface area contributed by atoms with Crippen LogP contribution >= 0.6 is 0 Å². The molecule has 0 spiro atoms. The van der Waals surface area contributed by atoms with Gasteiger partial charge in [-0.15, -0.1) is 0 Å². The number of amides is 1. The molecular formula is C13H18F2N2O. The first-order valence-corrected chi connectivity index (χ1v) is 5.99. The Morgan fingerprint density at radius 1 is 1.39 bits per heavy atom. The zero-order valence-corrected chi connectivity index (χ0v) is 10.6. The molecule has 1 aromatic rings. The van der Waals surface area contributed by atoms with Crippen molar-refractivity contribution in [3.63, 3.8) is 0 Å². The molecule has 3 nitrogen and oxygen atoms in total. The molecule has 0 aliphatic carbocycles. The molecule has 0 saturated heterocycles. The third-order valence-corrected chi connectivity index (χ3v) is 2.57. The second-order valence-electron chi connectivity index (χ2n) is 4.12. The Hall–Kier alpha value is -1.49. The number of hydrogen-bond acceptors (Lipinski definition) is 2. The van der Waals surface area contributed by atoms with Gasteiger partial charge in [-0.25, -0.2) is 8.78 Å². The maximum Gasteiger partial charge on any atom is 0.233 e. The smallest absolute Gasteiger partial charge is 0.233 e. The van der Waals surface area contributed by atoms with Crippen molar-refractivity contribution in [2.75, 3.05) is 13.1 Å². The maximum absolute atomic E-state index is 13.4. The van der Waals surface area contributed by atoms with Crippen molar-refractivity contribution in [1.29, 1.82) is 0 Å². The summed E-state index contributed by atoms with van der Waals surface area (Å²) in [6.07, 6.45) is 0.869. The van der Waals surface area contributed by atoms with Crippen LogP contribution in [-0.2, 0) is 4.79 Å². The summed E-state index contributed by atoms with van der Waals surface area (Å²) in [5.74, 6) is -1.35. The van der Waals surface area contributed by atoms with E-state index in [0.717, 1.165) is 12.5 Å². The van der Waals surface area contributed by atoms with Gasteiger partial charge in [0.2, 0.25) is 5.91 Å². The molecule has 1 aromatic carbocycles. The Morgan fingerprint density at radius 3 is 2.72 bits per heavy atom. The van der Waals surface area contributed by atoms with E-state index in [1.165, 1.54) is 12.1 Å². The SMILES string of the molecule is CCCNC(=O)CNC(C)c1ccc(F)cc1F. The largest absolute Gasteiger partial charge is 0.355 e. The summed E-state index contributed by atoms with van der Waals surface area (Å²) in [4.78, 5) is 11.3. The minimum atomic E-state index is -0.607. The van der Waals surface area contributed by atoms with E-state index in [1.807, 2.05) is 6.92 Å². The summed E-state index contributed by atoms with van der Waals surface area (Å²) in [7, 11) is 0. The Morgan fingerprint density at radius 2 is 2.11 bits per heavy atom. The lowest BCUT2D eigenvalue weighted by molar-refractivity contribution is -0.120. The number of carbonyl (C=O) groups is 1. The van der Waals surface area contributed by atoms with Gasteiger partial charge in [-0.2, -0.15) is 0 Å². The van der Waals surface area contributed by atoms with Gasteiger partial charge in [-0.05, 0) is 19.4 Å². The molecular weight excluding hydrogens is 238 g/mol. The van der Waals surface area contributed by atoms with Gasteiger partial charge in [0.05, 0.1) is 6.54 Å². The van der Waals surface area contributed by atoms with Crippen molar-refractivity contribution in [3.05, 3.63) is 35.4 Å². The Kier molecular flexibility index (Phi) is 5.71. The summed E-state index contributed by atoms with van der Waals surface area (Å²) in [6, 6.07) is 3.07. The predicted molar refractivity (Wildman–Crippen MR) is 66.1 cm³/mol. The van der Waals surface area contributed by atoms with Crippen LogP contribution in [-0.4, -0.2) is 19.0 Å². The van der Waals surface area contributed by atoms with Crippen LogP contribution in [0.1, 0.15) is 31.9 Å². The van der Waals surface area contributed by atoms with E-state index in [4.69, 9.17) is 0 Å². The van der Waals surface area contributed by atoms with E-state index in [2.05, 4.69) is 10.6 Å². The topological polar surface area (TPSA) is 41.1 Å². The van der Waals surface area contributed by atoms with E-state index < -0.39 is 11.6 Å². The number of carbonyl (C=O) groups excluding carboxylic acids is 1. The van der Waals surface area contributed by atoms with Gasteiger partial charge in [0.15, 0.2) is 0 Å². The molecule has 0 bridgehead atoms. The van der Waals surface area contributed by atoms with Crippen LogP contribution in [0.4, 0.5) is 8.78 Å². The predicted octanol–water partition coefficient (Wildman–Crippen LogP) is 2.14. The molecule has 0 fully saturated rings. The van der Waals surface area contributed by atoms with Crippen LogP contribution in [0.2, 0.25) is 0 Å². The van der Waals surface area contributed by atoms with Crippen LogP contribution in [0.5, 0.6) is 0 Å². The minimum Gasteiger partial charge on any atom is -0.355 e. The normalized spacial score (nSPS) is 12.2. The number of rotatable bonds is 6. The number of hydrogen-bond donors (Lipinski definition) is 2. The van der Waals surface area contributed by atoms with Gasteiger partial charge in [-0.3, -0.25) is 4.79 Å². The first-order valence-electron chi connectivity index (χ1n) is 5.99. The van der Waals surface area contributed by atoms with Crippen molar-refractivity contribution in [1.82, 2.24) is 10.6 Å². The van der Waals surface area contributed by atoms with Crippen LogP contribution in [0.15, 0.2) is 18.2 Å². The molecule has 1 amide bonds. The Bertz CT molecular complexity index is 410. The van der Waals surface area contributed by atoms with Crippen molar-refractivity contribution in [2.24, 2.45) is 0 Å². The second-order valence-corrected chi connectivity index (χ2v) is 4.12. The van der Waals surface area contributed by atoms with Gasteiger partial charge >= 0.3 is 0 Å². The molecule has 5 heteroatoms. The van der Waals surface area contributed by atoms with Gasteiger partial charge in [0.25, 0.3) is 0 Å². The summed E-state index contributed by atoms with van der Waals surface area (Å²) in [6.45, 7) is 4.42. The molecule has 1 rings (SSSR count). The van der Waals surface area contributed by atoms with Crippen molar-refractivity contribution in [2.45, 2.75) is 26.3 Å². The highest BCUT2D eigenvalue weighted by atomic mass is 19.1.